The van der Waals surface area contributed by atoms with Gasteiger partial charge in [-0.05, 0) is 24.3 Å². The molecule has 0 unspecified atom stereocenters. The van der Waals surface area contributed by atoms with Gasteiger partial charge in [-0.25, -0.2) is 9.59 Å². The number of fused-ring (bicyclic) bond motifs is 1. The molecule has 0 aliphatic rings. The van der Waals surface area contributed by atoms with Gasteiger partial charge in [0.1, 0.15) is 22.8 Å². The number of methoxy groups -OCH3 is 1. The summed E-state index contributed by atoms with van der Waals surface area (Å²) in [6.45, 7) is 6.10. The number of anilines is 2. The number of rotatable bonds is 6. The van der Waals surface area contributed by atoms with E-state index in [1.807, 2.05) is 20.8 Å². The zero-order valence-corrected chi connectivity index (χ0v) is 20.7. The van der Waals surface area contributed by atoms with Crippen LogP contribution >= 0.6 is 11.6 Å². The zero-order valence-electron chi connectivity index (χ0n) is 20.0. The Kier molecular flexibility index (Phi) is 6.71. The lowest BCUT2D eigenvalue weighted by Crippen LogP contribution is -2.19. The number of benzene rings is 2. The maximum atomic E-state index is 12.4. The standard InChI is InChI=1S/C25H24ClN5O5/c1-25(2,3)21-12-22(31-30-21)29-24(34)28-17-6-5-13(9-16(17)26)36-19-7-8-27-18-11-20(35-4)15(23(32)33)10-14(18)19/h5-12H,1-4H3,(H,32,33)(H3,28,29,30,31,34). The number of pyridine rings is 1. The fourth-order valence-corrected chi connectivity index (χ4v) is 3.62. The van der Waals surface area contributed by atoms with Crippen molar-refractivity contribution in [3.05, 3.63) is 64.9 Å². The molecule has 0 radical (unpaired) electrons. The van der Waals surface area contributed by atoms with E-state index >= 15 is 0 Å². The number of hydrogen-bond acceptors (Lipinski definition) is 6. The average molecular weight is 510 g/mol. The maximum Gasteiger partial charge on any atom is 0.339 e. The first-order chi connectivity index (χ1) is 17.0. The maximum absolute atomic E-state index is 12.4. The van der Waals surface area contributed by atoms with Gasteiger partial charge in [0.15, 0.2) is 5.82 Å². The van der Waals surface area contributed by atoms with E-state index < -0.39 is 12.0 Å². The monoisotopic (exact) mass is 509 g/mol. The summed E-state index contributed by atoms with van der Waals surface area (Å²) in [7, 11) is 1.39. The summed E-state index contributed by atoms with van der Waals surface area (Å²) in [6.07, 6.45) is 1.54. The number of H-pyrrole nitrogens is 1. The largest absolute Gasteiger partial charge is 0.496 e. The number of carbonyl (C=O) groups excluding carboxylic acids is 1. The normalized spacial score (nSPS) is 11.2. The van der Waals surface area contributed by atoms with E-state index in [4.69, 9.17) is 21.1 Å². The van der Waals surface area contributed by atoms with E-state index in [0.717, 1.165) is 5.69 Å². The highest BCUT2D eigenvalue weighted by Gasteiger charge is 2.18. The lowest BCUT2D eigenvalue weighted by atomic mass is 9.92. The Labute approximate surface area is 211 Å². The quantitative estimate of drug-likeness (QED) is 0.248. The molecule has 0 fully saturated rings. The molecule has 0 aliphatic carbocycles. The van der Waals surface area contributed by atoms with Crippen LogP contribution in [-0.2, 0) is 5.41 Å². The van der Waals surface area contributed by atoms with Crippen LogP contribution < -0.4 is 20.1 Å². The lowest BCUT2D eigenvalue weighted by Gasteiger charge is -2.14. The number of nitrogens with zero attached hydrogens (tertiary/aromatic N) is 2. The van der Waals surface area contributed by atoms with Crippen LogP contribution in [0.5, 0.6) is 17.2 Å². The van der Waals surface area contributed by atoms with E-state index in [-0.39, 0.29) is 21.8 Å². The first-order valence-corrected chi connectivity index (χ1v) is 11.2. The van der Waals surface area contributed by atoms with Crippen molar-refractivity contribution in [2.75, 3.05) is 17.7 Å². The van der Waals surface area contributed by atoms with Crippen LogP contribution in [0.4, 0.5) is 16.3 Å². The third-order valence-corrected chi connectivity index (χ3v) is 5.61. The zero-order chi connectivity index (χ0) is 26.0. The van der Waals surface area contributed by atoms with Gasteiger partial charge in [-0.3, -0.25) is 15.4 Å². The molecule has 36 heavy (non-hydrogen) atoms. The van der Waals surface area contributed by atoms with E-state index in [2.05, 4.69) is 25.8 Å². The smallest absolute Gasteiger partial charge is 0.339 e. The molecule has 186 valence electrons. The molecule has 2 aromatic heterocycles. The van der Waals surface area contributed by atoms with Crippen LogP contribution in [0.3, 0.4) is 0 Å². The summed E-state index contributed by atoms with van der Waals surface area (Å²) < 4.78 is 11.1. The molecule has 4 rings (SSSR count). The van der Waals surface area contributed by atoms with Crippen molar-refractivity contribution in [2.45, 2.75) is 26.2 Å². The first kappa shape index (κ1) is 24.8. The summed E-state index contributed by atoms with van der Waals surface area (Å²) in [5, 5.41) is 22.6. The van der Waals surface area contributed by atoms with Gasteiger partial charge in [-0.2, -0.15) is 5.10 Å². The Morgan fingerprint density at radius 3 is 2.47 bits per heavy atom. The number of aromatic carboxylic acids is 1. The predicted molar refractivity (Wildman–Crippen MR) is 137 cm³/mol. The van der Waals surface area contributed by atoms with Crippen LogP contribution in [0.1, 0.15) is 36.8 Å². The Bertz CT molecular complexity index is 1460. The number of aromatic amines is 1. The average Bonchev–Trinajstić information content (AvgIpc) is 3.29. The SMILES string of the molecule is COc1cc2nccc(Oc3ccc(NC(=O)Nc4cc(C(C)(C)C)[nH]n4)c(Cl)c3)c2cc1C(=O)O. The van der Waals surface area contributed by atoms with E-state index in [1.165, 1.54) is 25.3 Å². The minimum atomic E-state index is -1.13. The van der Waals surface area contributed by atoms with Gasteiger partial charge >= 0.3 is 12.0 Å². The van der Waals surface area contributed by atoms with Crippen LogP contribution in [0, 0.1) is 0 Å². The van der Waals surface area contributed by atoms with Crippen LogP contribution in [-0.4, -0.2) is 39.4 Å². The number of urea groups is 1. The number of ether oxygens (including phenoxy) is 2. The first-order valence-electron chi connectivity index (χ1n) is 10.9. The number of aromatic nitrogens is 3. The molecular weight excluding hydrogens is 486 g/mol. The fourth-order valence-electron chi connectivity index (χ4n) is 3.40. The topological polar surface area (TPSA) is 138 Å². The number of carboxylic acids is 1. The van der Waals surface area contributed by atoms with Gasteiger partial charge in [-0.15, -0.1) is 0 Å². The predicted octanol–water partition coefficient (Wildman–Crippen LogP) is 6.05. The fraction of sp³-hybridized carbons (Fsp3) is 0.200. The number of halogens is 1. The Balaban J connectivity index is 1.51. The molecule has 11 heteroatoms. The third kappa shape index (κ3) is 5.33. The summed E-state index contributed by atoms with van der Waals surface area (Å²) >= 11 is 6.38. The molecular formula is C25H24ClN5O5. The summed E-state index contributed by atoms with van der Waals surface area (Å²) in [5.74, 6) is 0.210. The Morgan fingerprint density at radius 2 is 1.83 bits per heavy atom. The number of carboxylic acid groups (broad SMARTS) is 1. The van der Waals surface area contributed by atoms with Crippen LogP contribution in [0.15, 0.2) is 48.7 Å². The molecule has 0 atom stereocenters. The molecule has 0 saturated heterocycles. The lowest BCUT2D eigenvalue weighted by molar-refractivity contribution is 0.0693. The van der Waals surface area contributed by atoms with Crippen LogP contribution in [0.2, 0.25) is 5.02 Å². The molecule has 0 aliphatic heterocycles. The third-order valence-electron chi connectivity index (χ3n) is 5.30. The molecule has 10 nitrogen and oxygen atoms in total. The highest BCUT2D eigenvalue weighted by Crippen LogP contribution is 2.35. The van der Waals surface area contributed by atoms with Crippen molar-refractivity contribution >= 4 is 46.0 Å². The second-order valence-electron chi connectivity index (χ2n) is 8.92. The summed E-state index contributed by atoms with van der Waals surface area (Å²) in [5.41, 5.74) is 1.60. The van der Waals surface area contributed by atoms with Gasteiger partial charge in [0.25, 0.3) is 0 Å². The molecule has 4 aromatic rings. The van der Waals surface area contributed by atoms with E-state index in [9.17, 15) is 14.7 Å². The number of nitrogens with one attached hydrogen (secondary N) is 3. The highest BCUT2D eigenvalue weighted by atomic mass is 35.5. The summed E-state index contributed by atoms with van der Waals surface area (Å²) in [6, 6.07) is 10.6. The minimum Gasteiger partial charge on any atom is -0.496 e. The number of carbonyl (C=O) groups is 2. The van der Waals surface area contributed by atoms with E-state index in [1.54, 1.807) is 30.5 Å². The number of amides is 2. The van der Waals surface area contributed by atoms with Crippen molar-refractivity contribution in [1.82, 2.24) is 15.2 Å². The Morgan fingerprint density at radius 1 is 1.06 bits per heavy atom. The van der Waals surface area contributed by atoms with Gasteiger partial charge < -0.3 is 19.9 Å². The van der Waals surface area contributed by atoms with Gasteiger partial charge in [0, 0.05) is 40.9 Å². The van der Waals surface area contributed by atoms with Crippen LogP contribution in [0.25, 0.3) is 10.9 Å². The Hall–Kier alpha value is -4.31. The van der Waals surface area contributed by atoms with Crippen molar-refractivity contribution < 1.29 is 24.2 Å². The van der Waals surface area contributed by atoms with Crippen molar-refractivity contribution in [3.8, 4) is 17.2 Å². The summed E-state index contributed by atoms with van der Waals surface area (Å²) in [4.78, 5) is 28.3. The van der Waals surface area contributed by atoms with Crippen molar-refractivity contribution in [2.24, 2.45) is 0 Å². The second kappa shape index (κ2) is 9.74. The molecule has 2 heterocycles. The molecule has 0 bridgehead atoms. The molecule has 4 N–H and O–H groups in total. The molecule has 0 spiro atoms. The number of hydrogen-bond donors (Lipinski definition) is 4. The van der Waals surface area contributed by atoms with E-state index in [0.29, 0.717) is 33.9 Å². The molecule has 2 amide bonds. The van der Waals surface area contributed by atoms with Gasteiger partial charge in [-0.1, -0.05) is 32.4 Å². The van der Waals surface area contributed by atoms with Crippen molar-refractivity contribution in [3.63, 3.8) is 0 Å². The van der Waals surface area contributed by atoms with Gasteiger partial charge in [0.05, 0.1) is 23.3 Å². The second-order valence-corrected chi connectivity index (χ2v) is 9.33. The van der Waals surface area contributed by atoms with Crippen molar-refractivity contribution in [1.29, 1.82) is 0 Å². The minimum absolute atomic E-state index is 0.0158. The van der Waals surface area contributed by atoms with Gasteiger partial charge in [0.2, 0.25) is 0 Å². The highest BCUT2D eigenvalue weighted by molar-refractivity contribution is 6.34. The molecule has 2 aromatic carbocycles. The molecule has 0 saturated carbocycles.